The largest absolute Gasteiger partial charge is 0.487 e. The lowest BCUT2D eigenvalue weighted by molar-refractivity contribution is 0.129. The zero-order valence-electron chi connectivity index (χ0n) is 18.3. The molecule has 5 nitrogen and oxygen atoms in total. The number of halogens is 1. The van der Waals surface area contributed by atoms with Gasteiger partial charge in [0.15, 0.2) is 0 Å². The standard InChI is InChI=1S/C27H25ClN2O3/c1-18(30-16-25(33-27(30)31)20-9-5-10-22(28)14-20)13-21-15-29-26-23(21)11-6-12-24(26)32-17-19-7-3-2-4-8-19/h2-12,14-15,18,25,29H,13,16-17H2,1H3/t18-,25+/m1/s1. The summed E-state index contributed by atoms with van der Waals surface area (Å²) in [4.78, 5) is 17.8. The van der Waals surface area contributed by atoms with Crippen LogP contribution in [-0.4, -0.2) is 28.6 Å². The van der Waals surface area contributed by atoms with E-state index in [-0.39, 0.29) is 18.2 Å². The third-order valence-corrected chi connectivity index (χ3v) is 6.34. The average Bonchev–Trinajstić information content (AvgIpc) is 3.42. The number of carbonyl (C=O) groups excluding carboxylic acids is 1. The number of nitrogens with one attached hydrogen (secondary N) is 1. The maximum atomic E-state index is 12.6. The number of amides is 1. The van der Waals surface area contributed by atoms with Gasteiger partial charge in [-0.15, -0.1) is 0 Å². The van der Waals surface area contributed by atoms with E-state index in [1.54, 1.807) is 4.90 Å². The number of ether oxygens (including phenoxy) is 2. The third kappa shape index (κ3) is 4.55. The van der Waals surface area contributed by atoms with Crippen molar-refractivity contribution < 1.29 is 14.3 Å². The van der Waals surface area contributed by atoms with Crippen LogP contribution in [0, 0.1) is 0 Å². The van der Waals surface area contributed by atoms with E-state index in [0.717, 1.165) is 33.3 Å². The molecule has 0 saturated carbocycles. The molecular formula is C27H25ClN2O3. The van der Waals surface area contributed by atoms with E-state index in [1.165, 1.54) is 0 Å². The van der Waals surface area contributed by atoms with Gasteiger partial charge in [0.1, 0.15) is 18.5 Å². The number of aromatic amines is 1. The molecule has 0 bridgehead atoms. The van der Waals surface area contributed by atoms with Crippen LogP contribution in [0.5, 0.6) is 5.75 Å². The molecule has 2 atom stereocenters. The topological polar surface area (TPSA) is 54.6 Å². The molecule has 5 rings (SSSR count). The number of cyclic esters (lactones) is 1. The lowest BCUT2D eigenvalue weighted by Crippen LogP contribution is -2.35. The van der Waals surface area contributed by atoms with Crippen LogP contribution in [0.3, 0.4) is 0 Å². The van der Waals surface area contributed by atoms with Crippen molar-refractivity contribution in [3.8, 4) is 5.75 Å². The Morgan fingerprint density at radius 3 is 2.76 bits per heavy atom. The van der Waals surface area contributed by atoms with Gasteiger partial charge in [0, 0.05) is 22.6 Å². The summed E-state index contributed by atoms with van der Waals surface area (Å²) in [6.07, 6.45) is 2.12. The number of H-pyrrole nitrogens is 1. The molecule has 1 aliphatic heterocycles. The molecule has 3 aromatic carbocycles. The minimum atomic E-state index is -0.306. The van der Waals surface area contributed by atoms with E-state index in [9.17, 15) is 4.79 Å². The van der Waals surface area contributed by atoms with Crippen LogP contribution in [0.1, 0.15) is 29.7 Å². The molecule has 1 amide bonds. The molecule has 168 valence electrons. The van der Waals surface area contributed by atoms with Crippen LogP contribution >= 0.6 is 11.6 Å². The summed E-state index contributed by atoms with van der Waals surface area (Å²) in [7, 11) is 0. The van der Waals surface area contributed by atoms with Crippen molar-refractivity contribution in [1.29, 1.82) is 0 Å². The van der Waals surface area contributed by atoms with Crippen LogP contribution in [0.15, 0.2) is 79.0 Å². The second kappa shape index (κ2) is 9.20. The highest BCUT2D eigenvalue weighted by Gasteiger charge is 2.35. The highest BCUT2D eigenvalue weighted by molar-refractivity contribution is 6.30. The molecule has 1 N–H and O–H groups in total. The van der Waals surface area contributed by atoms with E-state index in [4.69, 9.17) is 21.1 Å². The third-order valence-electron chi connectivity index (χ3n) is 6.11. The normalized spacial score (nSPS) is 16.7. The summed E-state index contributed by atoms with van der Waals surface area (Å²) in [6, 6.07) is 23.6. The molecule has 2 heterocycles. The summed E-state index contributed by atoms with van der Waals surface area (Å²) in [6.45, 7) is 3.07. The predicted molar refractivity (Wildman–Crippen MR) is 130 cm³/mol. The van der Waals surface area contributed by atoms with E-state index >= 15 is 0 Å². The number of para-hydroxylation sites is 1. The Kier molecular flexibility index (Phi) is 5.97. The number of carbonyl (C=O) groups is 1. The number of hydrogen-bond donors (Lipinski definition) is 1. The van der Waals surface area contributed by atoms with Gasteiger partial charge in [0.05, 0.1) is 12.1 Å². The van der Waals surface area contributed by atoms with Crippen molar-refractivity contribution >= 4 is 28.6 Å². The first-order valence-electron chi connectivity index (χ1n) is 11.1. The fraction of sp³-hybridized carbons (Fsp3) is 0.222. The molecule has 0 unspecified atom stereocenters. The Morgan fingerprint density at radius 2 is 1.94 bits per heavy atom. The number of fused-ring (bicyclic) bond motifs is 1. The van der Waals surface area contributed by atoms with E-state index in [2.05, 4.69) is 18.0 Å². The zero-order valence-corrected chi connectivity index (χ0v) is 19.1. The van der Waals surface area contributed by atoms with Gasteiger partial charge in [-0.2, -0.15) is 0 Å². The van der Waals surface area contributed by atoms with Crippen molar-refractivity contribution in [3.63, 3.8) is 0 Å². The van der Waals surface area contributed by atoms with Crippen LogP contribution < -0.4 is 4.74 Å². The van der Waals surface area contributed by atoms with E-state index in [0.29, 0.717) is 24.6 Å². The number of hydrogen-bond acceptors (Lipinski definition) is 3. The molecule has 4 aromatic rings. The fourth-order valence-electron chi connectivity index (χ4n) is 4.36. The second-order valence-corrected chi connectivity index (χ2v) is 8.84. The van der Waals surface area contributed by atoms with Gasteiger partial charge in [-0.25, -0.2) is 4.79 Å². The maximum Gasteiger partial charge on any atom is 0.410 e. The fourth-order valence-corrected chi connectivity index (χ4v) is 4.56. The number of nitrogens with zero attached hydrogens (tertiary/aromatic N) is 1. The van der Waals surface area contributed by atoms with E-state index in [1.807, 2.05) is 72.9 Å². The van der Waals surface area contributed by atoms with Gasteiger partial charge >= 0.3 is 6.09 Å². The number of aromatic nitrogens is 1. The summed E-state index contributed by atoms with van der Waals surface area (Å²) < 4.78 is 11.7. The van der Waals surface area contributed by atoms with Crippen molar-refractivity contribution in [1.82, 2.24) is 9.88 Å². The van der Waals surface area contributed by atoms with Crippen molar-refractivity contribution in [3.05, 3.63) is 101 Å². The van der Waals surface area contributed by atoms with Crippen molar-refractivity contribution in [2.75, 3.05) is 6.54 Å². The lowest BCUT2D eigenvalue weighted by Gasteiger charge is -2.21. The molecule has 1 saturated heterocycles. The van der Waals surface area contributed by atoms with Gasteiger partial charge in [0.2, 0.25) is 0 Å². The first kappa shape index (κ1) is 21.4. The highest BCUT2D eigenvalue weighted by Crippen LogP contribution is 2.32. The molecule has 0 spiro atoms. The summed E-state index contributed by atoms with van der Waals surface area (Å²) in [5.41, 5.74) is 4.15. The Balaban J connectivity index is 1.29. The smallest absolute Gasteiger partial charge is 0.410 e. The molecule has 1 aliphatic rings. The maximum absolute atomic E-state index is 12.6. The van der Waals surface area contributed by atoms with Gasteiger partial charge in [-0.1, -0.05) is 66.2 Å². The minimum Gasteiger partial charge on any atom is -0.487 e. The predicted octanol–water partition coefficient (Wildman–Crippen LogP) is 6.52. The first-order valence-corrected chi connectivity index (χ1v) is 11.4. The Labute approximate surface area is 197 Å². The Bertz CT molecular complexity index is 1270. The van der Waals surface area contributed by atoms with E-state index < -0.39 is 0 Å². The van der Waals surface area contributed by atoms with Gasteiger partial charge in [-0.05, 0) is 48.2 Å². The van der Waals surface area contributed by atoms with Gasteiger partial charge in [-0.3, -0.25) is 0 Å². The average molecular weight is 461 g/mol. The van der Waals surface area contributed by atoms with Crippen molar-refractivity contribution in [2.24, 2.45) is 0 Å². The molecule has 1 aromatic heterocycles. The molecule has 0 radical (unpaired) electrons. The highest BCUT2D eigenvalue weighted by atomic mass is 35.5. The number of benzene rings is 3. The van der Waals surface area contributed by atoms with Crippen LogP contribution in [0.25, 0.3) is 10.9 Å². The SMILES string of the molecule is C[C@H](Cc1c[nH]c2c(OCc3ccccc3)cccc12)N1C[C@@H](c2cccc(Cl)c2)OC1=O. The Morgan fingerprint density at radius 1 is 1.12 bits per heavy atom. The molecule has 0 aliphatic carbocycles. The van der Waals surface area contributed by atoms with Crippen molar-refractivity contribution in [2.45, 2.75) is 32.1 Å². The minimum absolute atomic E-state index is 0.0189. The Hall–Kier alpha value is -3.44. The quantitative estimate of drug-likeness (QED) is 0.341. The summed E-state index contributed by atoms with van der Waals surface area (Å²) in [5, 5.41) is 1.74. The van der Waals surface area contributed by atoms with Crippen LogP contribution in [-0.2, 0) is 17.8 Å². The molecule has 33 heavy (non-hydrogen) atoms. The molecule has 1 fully saturated rings. The zero-order chi connectivity index (χ0) is 22.8. The van der Waals surface area contributed by atoms with Crippen LogP contribution in [0.2, 0.25) is 5.02 Å². The summed E-state index contributed by atoms with van der Waals surface area (Å²) in [5.74, 6) is 0.817. The summed E-state index contributed by atoms with van der Waals surface area (Å²) >= 11 is 6.11. The number of rotatable bonds is 7. The van der Waals surface area contributed by atoms with Gasteiger partial charge in [0.25, 0.3) is 0 Å². The monoisotopic (exact) mass is 460 g/mol. The van der Waals surface area contributed by atoms with Gasteiger partial charge < -0.3 is 19.4 Å². The second-order valence-electron chi connectivity index (χ2n) is 8.40. The molecular weight excluding hydrogens is 436 g/mol. The molecule has 6 heteroatoms. The first-order chi connectivity index (χ1) is 16.1. The van der Waals surface area contributed by atoms with Crippen LogP contribution in [0.4, 0.5) is 4.79 Å². The lowest BCUT2D eigenvalue weighted by atomic mass is 10.0.